The van der Waals surface area contributed by atoms with Crippen molar-refractivity contribution in [2.45, 2.75) is 6.54 Å². The van der Waals surface area contributed by atoms with Gasteiger partial charge in [-0.15, -0.1) is 0 Å². The molecule has 0 spiro atoms. The van der Waals surface area contributed by atoms with Gasteiger partial charge >= 0.3 is 0 Å². The molecule has 0 fully saturated rings. The van der Waals surface area contributed by atoms with Gasteiger partial charge in [0.25, 0.3) is 0 Å². The van der Waals surface area contributed by atoms with E-state index >= 15 is 0 Å². The molecule has 0 atom stereocenters. The van der Waals surface area contributed by atoms with E-state index in [9.17, 15) is 0 Å². The summed E-state index contributed by atoms with van der Waals surface area (Å²) in [5, 5.41) is 4.70. The molecule has 0 unspecified atom stereocenters. The van der Waals surface area contributed by atoms with E-state index in [2.05, 4.69) is 84.3 Å². The molecule has 0 radical (unpaired) electrons. The Morgan fingerprint density at radius 2 is 1.75 bits per heavy atom. The number of aromatic nitrogens is 1. The molecule has 0 aliphatic rings. The van der Waals surface area contributed by atoms with E-state index in [0.29, 0.717) is 0 Å². The van der Waals surface area contributed by atoms with Gasteiger partial charge in [-0.05, 0) is 42.5 Å². The Bertz CT molecular complexity index is 717. The molecule has 2 nitrogen and oxygen atoms in total. The summed E-state index contributed by atoms with van der Waals surface area (Å²) in [6.45, 7) is 1.84. The van der Waals surface area contributed by atoms with Gasteiger partial charge in [0.2, 0.25) is 0 Å². The Morgan fingerprint density at radius 3 is 2.55 bits per heavy atom. The van der Waals surface area contributed by atoms with Crippen LogP contribution in [0.5, 0.6) is 0 Å². The van der Waals surface area contributed by atoms with E-state index in [1.165, 1.54) is 10.9 Å². The summed E-state index contributed by atoms with van der Waals surface area (Å²) in [6, 6.07) is 16.7. The van der Waals surface area contributed by atoms with E-state index in [1.54, 1.807) is 0 Å². The second kappa shape index (κ2) is 6.02. The van der Waals surface area contributed by atoms with Gasteiger partial charge in [0, 0.05) is 44.8 Å². The monoisotopic (exact) mass is 392 g/mol. The normalized spacial score (nSPS) is 10.9. The third-order valence-electron chi connectivity index (χ3n) is 3.29. The SMILES string of the molecule is Brc1ccc(NCCn2ccc3c(Br)cccc32)cc1. The molecule has 0 aliphatic carbocycles. The topological polar surface area (TPSA) is 17.0 Å². The maximum Gasteiger partial charge on any atom is 0.0492 e. The summed E-state index contributed by atoms with van der Waals surface area (Å²) in [5.74, 6) is 0. The van der Waals surface area contributed by atoms with E-state index < -0.39 is 0 Å². The lowest BCUT2D eigenvalue weighted by atomic mass is 10.2. The zero-order valence-electron chi connectivity index (χ0n) is 10.8. The average Bonchev–Trinajstić information content (AvgIpc) is 2.86. The lowest BCUT2D eigenvalue weighted by Crippen LogP contribution is -2.09. The molecular formula is C16H14Br2N2. The third kappa shape index (κ3) is 2.91. The van der Waals surface area contributed by atoms with Crippen LogP contribution in [0.25, 0.3) is 10.9 Å². The van der Waals surface area contributed by atoms with Crippen LogP contribution in [0, 0.1) is 0 Å². The van der Waals surface area contributed by atoms with Crippen molar-refractivity contribution in [2.75, 3.05) is 11.9 Å². The van der Waals surface area contributed by atoms with Crippen LogP contribution in [0.1, 0.15) is 0 Å². The van der Waals surface area contributed by atoms with Crippen molar-refractivity contribution in [3.8, 4) is 0 Å². The fourth-order valence-corrected chi connectivity index (χ4v) is 3.02. The van der Waals surface area contributed by atoms with Crippen molar-refractivity contribution in [2.24, 2.45) is 0 Å². The Morgan fingerprint density at radius 1 is 0.950 bits per heavy atom. The van der Waals surface area contributed by atoms with Gasteiger partial charge < -0.3 is 9.88 Å². The quantitative estimate of drug-likeness (QED) is 0.638. The fourth-order valence-electron chi connectivity index (χ4n) is 2.27. The average molecular weight is 394 g/mol. The second-order valence-electron chi connectivity index (χ2n) is 4.62. The molecule has 2 aromatic carbocycles. The molecule has 0 aliphatic heterocycles. The number of hydrogen-bond acceptors (Lipinski definition) is 1. The first-order valence-electron chi connectivity index (χ1n) is 6.47. The lowest BCUT2D eigenvalue weighted by Gasteiger charge is -2.09. The van der Waals surface area contributed by atoms with Crippen LogP contribution < -0.4 is 5.32 Å². The molecule has 4 heteroatoms. The minimum absolute atomic E-state index is 0.901. The van der Waals surface area contributed by atoms with E-state index in [1.807, 2.05) is 12.1 Å². The van der Waals surface area contributed by atoms with Gasteiger partial charge in [-0.2, -0.15) is 0 Å². The van der Waals surface area contributed by atoms with Crippen LogP contribution in [0.15, 0.2) is 63.7 Å². The first-order valence-corrected chi connectivity index (χ1v) is 8.05. The van der Waals surface area contributed by atoms with Gasteiger partial charge in [-0.25, -0.2) is 0 Å². The first-order chi connectivity index (χ1) is 9.74. The first kappa shape index (κ1) is 13.7. The molecule has 0 bridgehead atoms. The van der Waals surface area contributed by atoms with E-state index in [4.69, 9.17) is 0 Å². The molecule has 0 saturated carbocycles. The van der Waals surface area contributed by atoms with Crippen molar-refractivity contribution in [3.05, 3.63) is 63.7 Å². The molecule has 1 heterocycles. The number of hydrogen-bond donors (Lipinski definition) is 1. The molecule has 0 saturated heterocycles. The molecule has 0 amide bonds. The number of nitrogens with one attached hydrogen (secondary N) is 1. The lowest BCUT2D eigenvalue weighted by molar-refractivity contribution is 0.757. The van der Waals surface area contributed by atoms with Crippen LogP contribution in [-0.4, -0.2) is 11.1 Å². The number of halogens is 2. The van der Waals surface area contributed by atoms with Crippen LogP contribution >= 0.6 is 31.9 Å². The zero-order chi connectivity index (χ0) is 13.9. The molecule has 1 N–H and O–H groups in total. The van der Waals surface area contributed by atoms with Gasteiger partial charge in [0.05, 0.1) is 0 Å². The standard InChI is InChI=1S/C16H14Br2N2/c17-12-4-6-13(7-5-12)19-9-11-20-10-8-14-15(18)2-1-3-16(14)20/h1-8,10,19H,9,11H2. The number of benzene rings is 2. The highest BCUT2D eigenvalue weighted by Crippen LogP contribution is 2.24. The summed E-state index contributed by atoms with van der Waals surface area (Å²) in [5.41, 5.74) is 2.41. The van der Waals surface area contributed by atoms with Crippen LogP contribution in [0.4, 0.5) is 5.69 Å². The highest BCUT2D eigenvalue weighted by atomic mass is 79.9. The van der Waals surface area contributed by atoms with Crippen molar-refractivity contribution in [1.29, 1.82) is 0 Å². The molecule has 1 aromatic heterocycles. The maximum absolute atomic E-state index is 3.59. The molecule has 20 heavy (non-hydrogen) atoms. The zero-order valence-corrected chi connectivity index (χ0v) is 14.0. The molecular weight excluding hydrogens is 380 g/mol. The van der Waals surface area contributed by atoms with Crippen molar-refractivity contribution in [1.82, 2.24) is 4.57 Å². The highest BCUT2D eigenvalue weighted by Gasteiger charge is 2.03. The number of anilines is 1. The fraction of sp³-hybridized carbons (Fsp3) is 0.125. The minimum Gasteiger partial charge on any atom is -0.383 e. The Labute approximate surface area is 135 Å². The molecule has 3 aromatic rings. The predicted octanol–water partition coefficient (Wildman–Crippen LogP) is 5.28. The van der Waals surface area contributed by atoms with E-state index in [-0.39, 0.29) is 0 Å². The predicted molar refractivity (Wildman–Crippen MR) is 92.3 cm³/mol. The number of nitrogens with zero attached hydrogens (tertiary/aromatic N) is 1. The van der Waals surface area contributed by atoms with Crippen LogP contribution in [-0.2, 0) is 6.54 Å². The second-order valence-corrected chi connectivity index (χ2v) is 6.39. The van der Waals surface area contributed by atoms with Gasteiger partial charge in [0.15, 0.2) is 0 Å². The largest absolute Gasteiger partial charge is 0.383 e. The van der Waals surface area contributed by atoms with Gasteiger partial charge in [-0.1, -0.05) is 37.9 Å². The Hall–Kier alpha value is -1.26. The van der Waals surface area contributed by atoms with Crippen molar-refractivity contribution < 1.29 is 0 Å². The maximum atomic E-state index is 3.59. The summed E-state index contributed by atoms with van der Waals surface area (Å²) >= 11 is 7.03. The Balaban J connectivity index is 1.68. The molecule has 3 rings (SSSR count). The number of rotatable bonds is 4. The number of fused-ring (bicyclic) bond motifs is 1. The van der Waals surface area contributed by atoms with Gasteiger partial charge in [-0.3, -0.25) is 0 Å². The summed E-state index contributed by atoms with van der Waals surface area (Å²) in [6.07, 6.45) is 2.14. The summed E-state index contributed by atoms with van der Waals surface area (Å²) in [4.78, 5) is 0. The van der Waals surface area contributed by atoms with Gasteiger partial charge in [0.1, 0.15) is 0 Å². The third-order valence-corrected chi connectivity index (χ3v) is 4.51. The van der Waals surface area contributed by atoms with Crippen molar-refractivity contribution in [3.63, 3.8) is 0 Å². The summed E-state index contributed by atoms with van der Waals surface area (Å²) in [7, 11) is 0. The van der Waals surface area contributed by atoms with Crippen LogP contribution in [0.2, 0.25) is 0 Å². The summed E-state index contributed by atoms with van der Waals surface area (Å²) < 4.78 is 4.52. The molecule has 102 valence electrons. The van der Waals surface area contributed by atoms with Crippen LogP contribution in [0.3, 0.4) is 0 Å². The van der Waals surface area contributed by atoms with E-state index in [0.717, 1.165) is 27.7 Å². The smallest absolute Gasteiger partial charge is 0.0492 e. The highest BCUT2D eigenvalue weighted by molar-refractivity contribution is 9.11. The van der Waals surface area contributed by atoms with Crippen molar-refractivity contribution >= 4 is 48.5 Å². The Kier molecular flexibility index (Phi) is 4.13. The minimum atomic E-state index is 0.901.